The molecule has 1 heterocycles. The number of fused-ring (bicyclic) bond motifs is 1. The second-order valence-corrected chi connectivity index (χ2v) is 12.0. The van der Waals surface area contributed by atoms with Crippen molar-refractivity contribution in [2.75, 3.05) is 33.2 Å². The second kappa shape index (κ2) is 17.0. The average Bonchev–Trinajstić information content (AvgIpc) is 2.99. The Labute approximate surface area is 255 Å². The van der Waals surface area contributed by atoms with Crippen LogP contribution in [0.25, 0.3) is 10.9 Å². The van der Waals surface area contributed by atoms with E-state index in [1.54, 1.807) is 13.1 Å². The molecule has 0 spiro atoms. The number of likely N-dealkylation sites (N-methyl/N-ethyl adjacent to an activating group) is 1. The molecule has 0 saturated carbocycles. The first kappa shape index (κ1) is 34.0. The zero-order valence-corrected chi connectivity index (χ0v) is 25.7. The highest BCUT2D eigenvalue weighted by atomic mass is 16.2. The van der Waals surface area contributed by atoms with Crippen molar-refractivity contribution in [3.63, 3.8) is 0 Å². The predicted octanol–water partition coefficient (Wildman–Crippen LogP) is 2.67. The highest BCUT2D eigenvalue weighted by molar-refractivity contribution is 5.92. The van der Waals surface area contributed by atoms with E-state index in [0.717, 1.165) is 54.5 Å². The molecule has 7 N–H and O–H groups in total. The number of amides is 1. The number of quaternary nitrogens is 1. The van der Waals surface area contributed by atoms with Crippen LogP contribution in [0.2, 0.25) is 0 Å². The highest BCUT2D eigenvalue weighted by Crippen LogP contribution is 2.15. The number of hydrogen-bond acceptors (Lipinski definition) is 7. The van der Waals surface area contributed by atoms with Crippen LogP contribution < -0.4 is 22.5 Å². The zero-order chi connectivity index (χ0) is 31.2. The normalized spacial score (nSPS) is 14.9. The summed E-state index contributed by atoms with van der Waals surface area (Å²) < 4.78 is 0.703. The molecule has 232 valence electrons. The minimum absolute atomic E-state index is 0.0613. The van der Waals surface area contributed by atoms with Gasteiger partial charge in [0.05, 0.1) is 50.3 Å². The number of nitrogens with zero attached hydrogens (tertiary/aromatic N) is 2. The van der Waals surface area contributed by atoms with Gasteiger partial charge in [0.25, 0.3) is 0 Å². The van der Waals surface area contributed by atoms with Gasteiger partial charge in [0.15, 0.2) is 5.78 Å². The Bertz CT molecular complexity index is 1330. The van der Waals surface area contributed by atoms with E-state index < -0.39 is 18.1 Å². The van der Waals surface area contributed by atoms with E-state index in [1.165, 1.54) is 0 Å². The van der Waals surface area contributed by atoms with Gasteiger partial charge in [0, 0.05) is 37.4 Å². The molecule has 3 rings (SSSR count). The van der Waals surface area contributed by atoms with Crippen molar-refractivity contribution < 1.29 is 18.9 Å². The van der Waals surface area contributed by atoms with Gasteiger partial charge in [-0.2, -0.15) is 0 Å². The fourth-order valence-corrected chi connectivity index (χ4v) is 5.42. The van der Waals surface area contributed by atoms with E-state index in [9.17, 15) is 14.4 Å². The van der Waals surface area contributed by atoms with Crippen molar-refractivity contribution in [3.05, 3.63) is 78.0 Å². The zero-order valence-electron chi connectivity index (χ0n) is 25.7. The number of aryl methyl sites for hydroxylation is 1. The topological polar surface area (TPSA) is 154 Å². The van der Waals surface area contributed by atoms with Gasteiger partial charge in [-0.05, 0) is 55.9 Å². The molecule has 0 radical (unpaired) electrons. The maximum absolute atomic E-state index is 13.5. The lowest BCUT2D eigenvalue weighted by Crippen LogP contribution is -2.51. The van der Waals surface area contributed by atoms with Gasteiger partial charge in [0.2, 0.25) is 5.91 Å². The van der Waals surface area contributed by atoms with Crippen LogP contribution in [0.5, 0.6) is 0 Å². The molecule has 1 amide bonds. The van der Waals surface area contributed by atoms with Crippen molar-refractivity contribution >= 4 is 28.4 Å². The lowest BCUT2D eigenvalue weighted by molar-refractivity contribution is -0.908. The maximum atomic E-state index is 13.5. The van der Waals surface area contributed by atoms with Gasteiger partial charge < -0.3 is 27.0 Å². The monoisotopic (exact) mass is 589 g/mol. The van der Waals surface area contributed by atoms with Gasteiger partial charge in [0.1, 0.15) is 5.78 Å². The Balaban J connectivity index is 1.59. The summed E-state index contributed by atoms with van der Waals surface area (Å²) >= 11 is 0. The number of Topliss-reactive ketones (excluding diaryl/α,β-unsaturated/α-hetero) is 2. The number of carbonyl (C=O) groups is 3. The largest absolute Gasteiger partial charge is 0.345 e. The Hall–Kier alpha value is -3.50. The Morgan fingerprint density at radius 2 is 1.58 bits per heavy atom. The van der Waals surface area contributed by atoms with E-state index in [4.69, 9.17) is 17.2 Å². The third-order valence-corrected chi connectivity index (χ3v) is 8.14. The van der Waals surface area contributed by atoms with E-state index in [2.05, 4.69) is 17.3 Å². The number of nitrogens with one attached hydrogen (secondary N) is 1. The van der Waals surface area contributed by atoms with Crippen LogP contribution in [0.3, 0.4) is 0 Å². The molecule has 1 aromatic heterocycles. The summed E-state index contributed by atoms with van der Waals surface area (Å²) in [7, 11) is 2.12. The third kappa shape index (κ3) is 11.3. The molecule has 0 saturated heterocycles. The van der Waals surface area contributed by atoms with Crippen LogP contribution >= 0.6 is 0 Å². The first-order valence-corrected chi connectivity index (χ1v) is 15.4. The van der Waals surface area contributed by atoms with Crippen LogP contribution in [-0.4, -0.2) is 78.3 Å². The van der Waals surface area contributed by atoms with E-state index in [0.29, 0.717) is 36.7 Å². The highest BCUT2D eigenvalue weighted by Gasteiger charge is 2.26. The molecule has 0 aliphatic heterocycles. The number of pyridine rings is 1. The number of hydrogen-bond donors (Lipinski definition) is 4. The van der Waals surface area contributed by atoms with Crippen molar-refractivity contribution in [1.29, 1.82) is 0 Å². The minimum Gasteiger partial charge on any atom is -0.345 e. The van der Waals surface area contributed by atoms with Gasteiger partial charge in [-0.3, -0.25) is 19.4 Å². The molecular weight excluding hydrogens is 540 g/mol. The lowest BCUT2D eigenvalue weighted by Gasteiger charge is -2.34. The Kier molecular flexibility index (Phi) is 13.4. The molecule has 9 heteroatoms. The summed E-state index contributed by atoms with van der Waals surface area (Å²) in [6, 6.07) is 17.8. The molecule has 4 atom stereocenters. The molecule has 3 aromatic rings. The first-order valence-electron chi connectivity index (χ1n) is 15.4. The number of ketones is 2. The summed E-state index contributed by atoms with van der Waals surface area (Å²) in [5.74, 6) is -0.327. The molecule has 0 fully saturated rings. The summed E-state index contributed by atoms with van der Waals surface area (Å²) in [5, 5.41) is 3.94. The average molecular weight is 590 g/mol. The second-order valence-electron chi connectivity index (χ2n) is 12.0. The van der Waals surface area contributed by atoms with Crippen molar-refractivity contribution in [3.8, 4) is 0 Å². The van der Waals surface area contributed by atoms with Gasteiger partial charge in [-0.1, -0.05) is 48.5 Å². The molecule has 0 bridgehead atoms. The van der Waals surface area contributed by atoms with Crippen LogP contribution in [0.4, 0.5) is 0 Å². The number of benzene rings is 2. The van der Waals surface area contributed by atoms with E-state index in [1.807, 2.05) is 60.7 Å². The number of carbonyl (C=O) groups excluding carboxylic acids is 3. The quantitative estimate of drug-likeness (QED) is 0.157. The number of nitrogens with two attached hydrogens (primary N) is 3. The summed E-state index contributed by atoms with van der Waals surface area (Å²) in [4.78, 5) is 43.1. The number of para-hydroxylation sites is 1. The third-order valence-electron chi connectivity index (χ3n) is 8.14. The Morgan fingerprint density at radius 3 is 2.30 bits per heavy atom. The van der Waals surface area contributed by atoms with Gasteiger partial charge in [-0.25, -0.2) is 0 Å². The van der Waals surface area contributed by atoms with Crippen LogP contribution in [0.15, 0.2) is 66.9 Å². The van der Waals surface area contributed by atoms with Crippen LogP contribution in [-0.2, 0) is 27.2 Å². The summed E-state index contributed by atoms with van der Waals surface area (Å²) in [5.41, 5.74) is 20.7. The molecular formula is C34H49N6O3+. The first-order chi connectivity index (χ1) is 20.6. The van der Waals surface area contributed by atoms with E-state index in [-0.39, 0.29) is 23.9 Å². The van der Waals surface area contributed by atoms with Gasteiger partial charge in [-0.15, -0.1) is 0 Å². The fourth-order valence-electron chi connectivity index (χ4n) is 5.42. The van der Waals surface area contributed by atoms with Gasteiger partial charge >= 0.3 is 0 Å². The molecule has 0 aliphatic carbocycles. The fraction of sp³-hybridized carbons (Fsp3) is 0.471. The molecule has 0 aliphatic rings. The summed E-state index contributed by atoms with van der Waals surface area (Å²) in [6.45, 7) is 4.60. The van der Waals surface area contributed by atoms with Crippen LogP contribution in [0.1, 0.15) is 50.2 Å². The molecule has 43 heavy (non-hydrogen) atoms. The lowest BCUT2D eigenvalue weighted by atomic mass is 9.97. The van der Waals surface area contributed by atoms with Crippen molar-refractivity contribution in [2.45, 2.75) is 70.0 Å². The van der Waals surface area contributed by atoms with E-state index >= 15 is 0 Å². The number of rotatable bonds is 19. The van der Waals surface area contributed by atoms with Crippen LogP contribution in [0, 0.1) is 0 Å². The smallest absolute Gasteiger partial charge is 0.237 e. The van der Waals surface area contributed by atoms with Crippen molar-refractivity contribution in [1.82, 2.24) is 10.3 Å². The molecule has 2 aromatic carbocycles. The maximum Gasteiger partial charge on any atom is 0.237 e. The predicted molar refractivity (Wildman–Crippen MR) is 172 cm³/mol. The number of aromatic nitrogens is 1. The standard InChI is InChI=1S/C34H48N6O3/c1-25(36)32(41)15-9-20-40(2,21-18-35)19-8-13-29(37)34(43)39-31(17-16-26-10-4-3-5-11-26)33(42)23-27-22-28-12-6-7-14-30(28)38-24-27/h3-7,10-12,14,22,24-25,29,31H,8-9,13,15-21,23,35-37H2,1-2H3/p+1/t25-,29-,31-,40?/m0/s1. The molecule has 1 unspecified atom stereocenters. The SMILES string of the molecule is C[C@H](N)C(=O)CCC[N+](C)(CCN)CCC[C@H](N)C(=O)N[C@@H](CCc1ccccc1)C(=O)Cc1cnc2ccccc2c1. The summed E-state index contributed by atoms with van der Waals surface area (Å²) in [6.07, 6.45) is 5.43. The minimum atomic E-state index is -0.736. The Morgan fingerprint density at radius 1 is 0.884 bits per heavy atom. The molecule has 9 nitrogen and oxygen atoms in total. The van der Waals surface area contributed by atoms with Crippen molar-refractivity contribution in [2.24, 2.45) is 17.2 Å².